The van der Waals surface area contributed by atoms with Crippen LogP contribution in [0.1, 0.15) is 18.2 Å². The molecule has 0 saturated carbocycles. The molecular weight excluding hydrogens is 109 g/mol. The first-order valence-electron chi connectivity index (χ1n) is 3.36. The maximum Gasteiger partial charge on any atom is 0.222 e. The molecule has 0 atom stereocenters. The van der Waals surface area contributed by atoms with Gasteiger partial charge in [-0.2, -0.15) is 0 Å². The molecule has 1 rings (SSSR count). The molecule has 0 fully saturated rings. The number of hydrogen-bond acceptors (Lipinski definition) is 0. The van der Waals surface area contributed by atoms with Gasteiger partial charge in [-0.15, -0.1) is 0 Å². The summed E-state index contributed by atoms with van der Waals surface area (Å²) >= 11 is 0. The number of nitrogens with zero attached hydrogens (tertiary/aromatic N) is 1. The van der Waals surface area contributed by atoms with E-state index in [1.54, 1.807) is 0 Å². The van der Waals surface area contributed by atoms with E-state index in [2.05, 4.69) is 38.6 Å². The topological polar surface area (TPSA) is 4.93 Å². The van der Waals surface area contributed by atoms with Gasteiger partial charge in [0.1, 0.15) is 0 Å². The largest absolute Gasteiger partial charge is 0.403 e. The Balaban J connectivity index is 3.04. The highest BCUT2D eigenvalue weighted by atomic mass is 14.8. The third-order valence-corrected chi connectivity index (χ3v) is 1.87. The van der Waals surface area contributed by atoms with Crippen LogP contribution in [0.25, 0.3) is 0 Å². The van der Waals surface area contributed by atoms with E-state index in [-0.39, 0.29) is 0 Å². The van der Waals surface area contributed by atoms with Crippen LogP contribution in [0.3, 0.4) is 0 Å². The van der Waals surface area contributed by atoms with Crippen molar-refractivity contribution in [1.82, 2.24) is 4.48 Å². The summed E-state index contributed by atoms with van der Waals surface area (Å²) in [5.74, 6) is 0. The first kappa shape index (κ1) is 6.46. The molecule has 0 N–H and O–H groups in total. The Bertz CT molecular complexity index is 203. The molecule has 0 amide bonds. The summed E-state index contributed by atoms with van der Waals surface area (Å²) in [5, 5.41) is 0. The fourth-order valence-electron chi connectivity index (χ4n) is 1.03. The molecule has 0 unspecified atom stereocenters. The molecule has 1 aromatic rings. The lowest BCUT2D eigenvalue weighted by Crippen LogP contribution is -1.92. The Labute approximate surface area is 57.1 Å². The number of rotatable bonds is 1. The van der Waals surface area contributed by atoms with Crippen LogP contribution in [0, 0.1) is 6.92 Å². The van der Waals surface area contributed by atoms with E-state index in [1.807, 2.05) is 0 Å². The van der Waals surface area contributed by atoms with Gasteiger partial charge in [0, 0.05) is 5.69 Å². The number of aromatic nitrogens is 1. The average molecular weight is 121 g/mol. The van der Waals surface area contributed by atoms with E-state index in [1.165, 1.54) is 11.3 Å². The Hall–Kier alpha value is -0.655. The molecule has 1 nitrogen and oxygen atoms in total. The van der Waals surface area contributed by atoms with Crippen LogP contribution in [-0.4, -0.2) is 12.5 Å². The van der Waals surface area contributed by atoms with Crippen molar-refractivity contribution in [2.24, 2.45) is 0 Å². The average Bonchev–Trinajstić information content (AvgIpc) is 2.15. The molecule has 2 heteroatoms. The van der Waals surface area contributed by atoms with Gasteiger partial charge in [-0.05, 0) is 31.2 Å². The number of hydrogen-bond donors (Lipinski definition) is 0. The summed E-state index contributed by atoms with van der Waals surface area (Å²) in [4.78, 5) is 0. The van der Waals surface area contributed by atoms with Crippen LogP contribution < -0.4 is 0 Å². The molecular formula is C7H12BN. The minimum Gasteiger partial charge on any atom is -0.403 e. The fraction of sp³-hybridized carbons (Fsp3) is 0.429. The highest BCUT2D eigenvalue weighted by Crippen LogP contribution is 2.07. The minimum absolute atomic E-state index is 1.15. The molecule has 1 heterocycles. The first-order chi connectivity index (χ1) is 4.25. The monoisotopic (exact) mass is 121 g/mol. The predicted molar refractivity (Wildman–Crippen MR) is 42.5 cm³/mol. The maximum atomic E-state index is 2.18. The van der Waals surface area contributed by atoms with Crippen LogP contribution in [0.5, 0.6) is 0 Å². The van der Waals surface area contributed by atoms with E-state index in [4.69, 9.17) is 0 Å². The van der Waals surface area contributed by atoms with Crippen LogP contribution in [0.2, 0.25) is 0 Å². The van der Waals surface area contributed by atoms with E-state index in [0.717, 1.165) is 6.42 Å². The zero-order valence-corrected chi connectivity index (χ0v) is 6.31. The predicted octanol–water partition coefficient (Wildman–Crippen LogP) is 0.755. The van der Waals surface area contributed by atoms with Crippen molar-refractivity contribution < 1.29 is 0 Å². The molecule has 0 aliphatic heterocycles. The standard InChI is InChI=1S/C7H12BN/c1-3-7-4-5-9(8)6(7)2/h4-5H,3,8H2,1-2H3. The van der Waals surface area contributed by atoms with Crippen LogP contribution in [-0.2, 0) is 6.42 Å². The van der Waals surface area contributed by atoms with Crippen molar-refractivity contribution in [3.05, 3.63) is 23.5 Å². The quantitative estimate of drug-likeness (QED) is 0.483. The molecule has 0 aliphatic rings. The summed E-state index contributed by atoms with van der Waals surface area (Å²) in [6.45, 7) is 4.33. The van der Waals surface area contributed by atoms with Gasteiger partial charge in [0.25, 0.3) is 0 Å². The summed E-state index contributed by atoms with van der Waals surface area (Å²) < 4.78 is 2.15. The van der Waals surface area contributed by atoms with Crippen molar-refractivity contribution in [2.75, 3.05) is 0 Å². The fourth-order valence-corrected chi connectivity index (χ4v) is 1.03. The van der Waals surface area contributed by atoms with Crippen molar-refractivity contribution in [2.45, 2.75) is 20.3 Å². The first-order valence-corrected chi connectivity index (χ1v) is 3.36. The zero-order chi connectivity index (χ0) is 6.85. The van der Waals surface area contributed by atoms with Gasteiger partial charge in [0.2, 0.25) is 7.98 Å². The van der Waals surface area contributed by atoms with Gasteiger partial charge < -0.3 is 4.48 Å². The highest BCUT2D eigenvalue weighted by Gasteiger charge is 1.96. The van der Waals surface area contributed by atoms with Crippen LogP contribution in [0.15, 0.2) is 12.3 Å². The van der Waals surface area contributed by atoms with E-state index in [0.29, 0.717) is 0 Å². The lowest BCUT2D eigenvalue weighted by atomic mass is 10.2. The lowest BCUT2D eigenvalue weighted by molar-refractivity contribution is 1.07. The van der Waals surface area contributed by atoms with Gasteiger partial charge >= 0.3 is 0 Å². The highest BCUT2D eigenvalue weighted by molar-refractivity contribution is 6.07. The number of aryl methyl sites for hydroxylation is 1. The van der Waals surface area contributed by atoms with Crippen molar-refractivity contribution in [1.29, 1.82) is 0 Å². The Kier molecular flexibility index (Phi) is 1.65. The SMILES string of the molecule is Bn1ccc(CC)c1C. The molecule has 0 saturated heterocycles. The van der Waals surface area contributed by atoms with Crippen molar-refractivity contribution in [3.8, 4) is 0 Å². The molecule has 0 radical (unpaired) electrons. The maximum absolute atomic E-state index is 2.18. The van der Waals surface area contributed by atoms with Crippen molar-refractivity contribution >= 4 is 7.98 Å². The van der Waals surface area contributed by atoms with E-state index < -0.39 is 0 Å². The molecule has 0 spiro atoms. The summed E-state index contributed by atoms with van der Waals surface area (Å²) in [5.41, 5.74) is 2.84. The van der Waals surface area contributed by atoms with Gasteiger partial charge in [-0.3, -0.25) is 0 Å². The van der Waals surface area contributed by atoms with Gasteiger partial charge in [0.15, 0.2) is 0 Å². The summed E-state index contributed by atoms with van der Waals surface area (Å²) in [6.07, 6.45) is 3.25. The zero-order valence-electron chi connectivity index (χ0n) is 6.31. The lowest BCUT2D eigenvalue weighted by Gasteiger charge is -1.96. The normalized spacial score (nSPS) is 10.0. The molecule has 9 heavy (non-hydrogen) atoms. The van der Waals surface area contributed by atoms with Crippen molar-refractivity contribution in [3.63, 3.8) is 0 Å². The second kappa shape index (κ2) is 2.30. The third kappa shape index (κ3) is 1.02. The Morgan fingerprint density at radius 2 is 2.33 bits per heavy atom. The van der Waals surface area contributed by atoms with Gasteiger partial charge in [0.05, 0.1) is 0 Å². The second-order valence-electron chi connectivity index (χ2n) is 2.39. The van der Waals surface area contributed by atoms with E-state index in [9.17, 15) is 0 Å². The third-order valence-electron chi connectivity index (χ3n) is 1.87. The summed E-state index contributed by atoms with van der Waals surface area (Å²) in [6, 6.07) is 2.18. The Morgan fingerprint density at radius 3 is 2.56 bits per heavy atom. The van der Waals surface area contributed by atoms with Crippen LogP contribution in [0.4, 0.5) is 0 Å². The molecule has 0 aromatic carbocycles. The van der Waals surface area contributed by atoms with Gasteiger partial charge in [-0.1, -0.05) is 6.92 Å². The van der Waals surface area contributed by atoms with Crippen LogP contribution >= 0.6 is 0 Å². The summed E-state index contributed by atoms with van der Waals surface area (Å²) in [7, 11) is 2.08. The molecule has 0 aliphatic carbocycles. The smallest absolute Gasteiger partial charge is 0.222 e. The Morgan fingerprint density at radius 1 is 1.67 bits per heavy atom. The van der Waals surface area contributed by atoms with Gasteiger partial charge in [-0.25, -0.2) is 0 Å². The molecule has 1 aromatic heterocycles. The second-order valence-corrected chi connectivity index (χ2v) is 2.39. The molecule has 0 bridgehead atoms. The van der Waals surface area contributed by atoms with E-state index >= 15 is 0 Å². The minimum atomic E-state index is 1.15. The molecule has 48 valence electrons.